The maximum Gasteiger partial charge on any atom is 0.241 e. The minimum Gasteiger partial charge on any atom is -0.491 e. The average molecular weight is 246 g/mol. The number of hydrogen-bond acceptors (Lipinski definition) is 3. The first kappa shape index (κ1) is 12.2. The Morgan fingerprint density at radius 3 is 3.00 bits per heavy atom. The first-order chi connectivity index (χ1) is 8.58. The molecule has 1 aliphatic heterocycles. The predicted molar refractivity (Wildman–Crippen MR) is 68.2 cm³/mol. The van der Waals surface area contributed by atoms with Crippen molar-refractivity contribution in [2.45, 2.75) is 6.42 Å². The summed E-state index contributed by atoms with van der Waals surface area (Å²) in [7, 11) is 1.71. The number of hydrogen-bond donors (Lipinski definition) is 1. The van der Waals surface area contributed by atoms with Crippen LogP contribution in [0.5, 0.6) is 5.75 Å². The fraction of sp³-hybridized carbons (Fsp3) is 0.231. The average Bonchev–Trinajstić information content (AvgIpc) is 2.48. The van der Waals surface area contributed by atoms with Gasteiger partial charge >= 0.3 is 0 Å². The molecule has 2 N–H and O–H groups in total. The predicted octanol–water partition coefficient (Wildman–Crippen LogP) is 0.930. The molecule has 0 saturated heterocycles. The molecule has 0 saturated carbocycles. The summed E-state index contributed by atoms with van der Waals surface area (Å²) in [5.74, 6) is 0.162. The number of nitrogens with two attached hydrogens (primary N) is 1. The molecule has 0 atom stereocenters. The Hall–Kier alpha value is -2.30. The largest absolute Gasteiger partial charge is 0.491 e. The summed E-state index contributed by atoms with van der Waals surface area (Å²) in [6.45, 7) is 0.382. The molecule has 94 valence electrons. The topological polar surface area (TPSA) is 72.6 Å². The van der Waals surface area contributed by atoms with Crippen molar-refractivity contribution in [2.75, 3.05) is 18.6 Å². The Morgan fingerprint density at radius 2 is 2.28 bits per heavy atom. The lowest BCUT2D eigenvalue weighted by atomic mass is 10.1. The molecule has 0 aromatic heterocycles. The number of amides is 2. The van der Waals surface area contributed by atoms with Crippen molar-refractivity contribution < 1.29 is 14.3 Å². The van der Waals surface area contributed by atoms with Crippen molar-refractivity contribution in [1.82, 2.24) is 0 Å². The molecule has 0 spiro atoms. The van der Waals surface area contributed by atoms with Gasteiger partial charge in [-0.05, 0) is 23.8 Å². The number of rotatable bonds is 2. The number of primary amides is 1. The molecule has 1 aromatic carbocycles. The molecule has 2 amide bonds. The van der Waals surface area contributed by atoms with E-state index < -0.39 is 5.91 Å². The summed E-state index contributed by atoms with van der Waals surface area (Å²) >= 11 is 0. The van der Waals surface area contributed by atoms with Gasteiger partial charge in [0.15, 0.2) is 0 Å². The van der Waals surface area contributed by atoms with Crippen LogP contribution in [0.2, 0.25) is 0 Å². The second-order valence-electron chi connectivity index (χ2n) is 4.01. The van der Waals surface area contributed by atoms with E-state index in [4.69, 9.17) is 10.5 Å². The number of anilines is 1. The standard InChI is InChI=1S/C13H14N2O3/c1-15-10-8-9(3-5-12(14)16)2-4-11(10)18-7-6-13(15)17/h2-5,8H,6-7H2,1H3,(H2,14,16)/b5-3+. The first-order valence-corrected chi connectivity index (χ1v) is 5.59. The van der Waals surface area contributed by atoms with Gasteiger partial charge in [0.25, 0.3) is 0 Å². The molecule has 0 bridgehead atoms. The van der Waals surface area contributed by atoms with Gasteiger partial charge in [-0.15, -0.1) is 0 Å². The van der Waals surface area contributed by atoms with Gasteiger partial charge in [0.1, 0.15) is 5.75 Å². The SMILES string of the molecule is CN1C(=O)CCOc2ccc(/C=C/C(N)=O)cc21. The molecule has 1 aromatic rings. The summed E-state index contributed by atoms with van der Waals surface area (Å²) < 4.78 is 5.49. The van der Waals surface area contributed by atoms with Gasteiger partial charge in [-0.2, -0.15) is 0 Å². The second-order valence-corrected chi connectivity index (χ2v) is 4.01. The number of nitrogens with zero attached hydrogens (tertiary/aromatic N) is 1. The molecule has 0 fully saturated rings. The monoisotopic (exact) mass is 246 g/mol. The van der Waals surface area contributed by atoms with Crippen LogP contribution in [0.1, 0.15) is 12.0 Å². The zero-order chi connectivity index (χ0) is 13.1. The van der Waals surface area contributed by atoms with Gasteiger partial charge < -0.3 is 15.4 Å². The van der Waals surface area contributed by atoms with Gasteiger partial charge in [0.05, 0.1) is 18.7 Å². The number of carbonyl (C=O) groups excluding carboxylic acids is 2. The van der Waals surface area contributed by atoms with Gasteiger partial charge in [-0.3, -0.25) is 9.59 Å². The third-order valence-corrected chi connectivity index (χ3v) is 2.73. The highest BCUT2D eigenvalue weighted by atomic mass is 16.5. The molecule has 18 heavy (non-hydrogen) atoms. The molecule has 0 radical (unpaired) electrons. The van der Waals surface area contributed by atoms with Gasteiger partial charge in [-0.25, -0.2) is 0 Å². The fourth-order valence-corrected chi connectivity index (χ4v) is 1.75. The lowest BCUT2D eigenvalue weighted by Crippen LogP contribution is -2.25. The summed E-state index contributed by atoms with van der Waals surface area (Å²) in [5.41, 5.74) is 6.53. The minimum absolute atomic E-state index is 0.00443. The van der Waals surface area contributed by atoms with Gasteiger partial charge in [0, 0.05) is 13.1 Å². The van der Waals surface area contributed by atoms with Crippen molar-refractivity contribution >= 4 is 23.6 Å². The van der Waals surface area contributed by atoms with Crippen LogP contribution >= 0.6 is 0 Å². The molecule has 5 heteroatoms. The summed E-state index contributed by atoms with van der Waals surface area (Å²) in [6, 6.07) is 5.38. The van der Waals surface area contributed by atoms with E-state index in [0.717, 1.165) is 5.56 Å². The van der Waals surface area contributed by atoms with Crippen LogP contribution in [0.25, 0.3) is 6.08 Å². The molecular formula is C13H14N2O3. The third-order valence-electron chi connectivity index (χ3n) is 2.73. The first-order valence-electron chi connectivity index (χ1n) is 5.59. The van der Waals surface area contributed by atoms with E-state index >= 15 is 0 Å². The maximum absolute atomic E-state index is 11.7. The van der Waals surface area contributed by atoms with Crippen LogP contribution in [-0.4, -0.2) is 25.5 Å². The quantitative estimate of drug-likeness (QED) is 0.789. The van der Waals surface area contributed by atoms with Crippen LogP contribution in [0.3, 0.4) is 0 Å². The Morgan fingerprint density at radius 1 is 1.50 bits per heavy atom. The van der Waals surface area contributed by atoms with E-state index in [1.54, 1.807) is 30.2 Å². The highest BCUT2D eigenvalue weighted by Gasteiger charge is 2.19. The molecule has 1 heterocycles. The second kappa shape index (κ2) is 4.91. The normalized spacial score (nSPS) is 15.2. The van der Waals surface area contributed by atoms with E-state index in [0.29, 0.717) is 24.5 Å². The molecule has 0 aliphatic carbocycles. The van der Waals surface area contributed by atoms with Crippen LogP contribution in [-0.2, 0) is 9.59 Å². The maximum atomic E-state index is 11.7. The van der Waals surface area contributed by atoms with Crippen molar-refractivity contribution in [1.29, 1.82) is 0 Å². The molecule has 1 aliphatic rings. The highest BCUT2D eigenvalue weighted by molar-refractivity contribution is 5.96. The number of benzene rings is 1. The van der Waals surface area contributed by atoms with Crippen LogP contribution in [0, 0.1) is 0 Å². The summed E-state index contributed by atoms with van der Waals surface area (Å²) in [4.78, 5) is 23.9. The zero-order valence-electron chi connectivity index (χ0n) is 10.1. The van der Waals surface area contributed by atoms with Crippen molar-refractivity contribution in [3.8, 4) is 5.75 Å². The number of fused-ring (bicyclic) bond motifs is 1. The van der Waals surface area contributed by atoms with Crippen molar-refractivity contribution in [3.63, 3.8) is 0 Å². The molecule has 5 nitrogen and oxygen atoms in total. The summed E-state index contributed by atoms with van der Waals surface area (Å²) in [6.07, 6.45) is 3.24. The van der Waals surface area contributed by atoms with E-state index in [2.05, 4.69) is 0 Å². The van der Waals surface area contributed by atoms with Gasteiger partial charge in [-0.1, -0.05) is 6.07 Å². The Balaban J connectivity index is 2.37. The Kier molecular flexibility index (Phi) is 3.32. The number of carbonyl (C=O) groups is 2. The lowest BCUT2D eigenvalue weighted by Gasteiger charge is -2.16. The van der Waals surface area contributed by atoms with Crippen molar-refractivity contribution in [3.05, 3.63) is 29.8 Å². The van der Waals surface area contributed by atoms with Crippen LogP contribution < -0.4 is 15.4 Å². The minimum atomic E-state index is -0.509. The van der Waals surface area contributed by atoms with E-state index in [1.807, 2.05) is 6.07 Å². The Bertz CT molecular complexity index is 523. The van der Waals surface area contributed by atoms with E-state index in [1.165, 1.54) is 6.08 Å². The summed E-state index contributed by atoms with van der Waals surface area (Å²) in [5, 5.41) is 0. The fourth-order valence-electron chi connectivity index (χ4n) is 1.75. The third kappa shape index (κ3) is 2.51. The van der Waals surface area contributed by atoms with E-state index in [-0.39, 0.29) is 5.91 Å². The molecular weight excluding hydrogens is 232 g/mol. The van der Waals surface area contributed by atoms with E-state index in [9.17, 15) is 9.59 Å². The lowest BCUT2D eigenvalue weighted by molar-refractivity contribution is -0.118. The molecule has 0 unspecified atom stereocenters. The highest BCUT2D eigenvalue weighted by Crippen LogP contribution is 2.31. The van der Waals surface area contributed by atoms with Crippen molar-refractivity contribution in [2.24, 2.45) is 5.73 Å². The molecule has 2 rings (SSSR count). The van der Waals surface area contributed by atoms with Crippen LogP contribution in [0.15, 0.2) is 24.3 Å². The zero-order valence-corrected chi connectivity index (χ0v) is 10.1. The Labute approximate surface area is 105 Å². The van der Waals surface area contributed by atoms with Gasteiger partial charge in [0.2, 0.25) is 11.8 Å². The smallest absolute Gasteiger partial charge is 0.241 e. The van der Waals surface area contributed by atoms with Crippen LogP contribution in [0.4, 0.5) is 5.69 Å². The number of ether oxygens (including phenoxy) is 1.